The van der Waals surface area contributed by atoms with E-state index in [1.165, 1.54) is 0 Å². The van der Waals surface area contributed by atoms with Gasteiger partial charge in [-0.3, -0.25) is 14.4 Å². The summed E-state index contributed by atoms with van der Waals surface area (Å²) in [5, 5.41) is 7.10. The largest absolute Gasteiger partial charge is 0.367 e. The van der Waals surface area contributed by atoms with Crippen LogP contribution >= 0.6 is 0 Å². The topological polar surface area (TPSA) is 84.2 Å². The van der Waals surface area contributed by atoms with Crippen molar-refractivity contribution in [2.75, 3.05) is 19.7 Å². The van der Waals surface area contributed by atoms with Gasteiger partial charge in [0.25, 0.3) is 0 Å². The van der Waals surface area contributed by atoms with Crippen LogP contribution in [0.4, 0.5) is 0 Å². The lowest BCUT2D eigenvalue weighted by molar-refractivity contribution is -0.0373. The summed E-state index contributed by atoms with van der Waals surface area (Å²) in [6.45, 7) is 9.03. The molecule has 8 heteroatoms. The second-order valence-electron chi connectivity index (χ2n) is 6.31. The summed E-state index contributed by atoms with van der Waals surface area (Å²) in [6.07, 6.45) is 1.97. The third kappa shape index (κ3) is 2.90. The van der Waals surface area contributed by atoms with E-state index in [2.05, 4.69) is 49.2 Å². The molecule has 4 rings (SSSR count). The minimum atomic E-state index is -0.0946. The van der Waals surface area contributed by atoms with Crippen molar-refractivity contribution < 1.29 is 4.74 Å². The van der Waals surface area contributed by atoms with Crippen molar-refractivity contribution in [2.24, 2.45) is 0 Å². The van der Waals surface area contributed by atoms with Gasteiger partial charge in [0.1, 0.15) is 11.9 Å². The lowest BCUT2D eigenvalue weighted by Gasteiger charge is -2.30. The van der Waals surface area contributed by atoms with E-state index < -0.39 is 0 Å². The van der Waals surface area contributed by atoms with E-state index >= 15 is 0 Å². The minimum Gasteiger partial charge on any atom is -0.367 e. The first-order chi connectivity index (χ1) is 11.6. The zero-order valence-corrected chi connectivity index (χ0v) is 14.2. The standard InChI is InChI=1S/C16H21N7O/c1-10-6-11(2)23-8-13(19-16(23)17-10)7-22-4-5-24-14(9-22)15-18-12(3)20-21-15/h6,8,14H,4-5,7,9H2,1-3H3,(H,18,20,21)/t14-/m0/s1. The summed E-state index contributed by atoms with van der Waals surface area (Å²) in [5.74, 6) is 2.29. The summed E-state index contributed by atoms with van der Waals surface area (Å²) in [4.78, 5) is 15.9. The van der Waals surface area contributed by atoms with Crippen LogP contribution in [0.1, 0.15) is 34.8 Å². The highest BCUT2D eigenvalue weighted by Gasteiger charge is 2.25. The molecule has 0 unspecified atom stereocenters. The molecule has 0 amide bonds. The maximum Gasteiger partial charge on any atom is 0.234 e. The van der Waals surface area contributed by atoms with Gasteiger partial charge in [-0.05, 0) is 26.8 Å². The molecule has 0 saturated carbocycles. The molecular formula is C16H21N7O. The molecule has 1 saturated heterocycles. The maximum atomic E-state index is 5.81. The molecule has 1 N–H and O–H groups in total. The van der Waals surface area contributed by atoms with Crippen LogP contribution in [-0.2, 0) is 11.3 Å². The van der Waals surface area contributed by atoms with Crippen LogP contribution in [0, 0.1) is 20.8 Å². The number of morpholine rings is 1. The number of fused-ring (bicyclic) bond motifs is 1. The lowest BCUT2D eigenvalue weighted by atomic mass is 10.2. The SMILES string of the molecule is Cc1cc(C)n2cc(CN3CCO[C@H](c4n[nH]c(C)n4)C3)nc2n1. The molecule has 0 radical (unpaired) electrons. The van der Waals surface area contributed by atoms with Crippen molar-refractivity contribution in [1.82, 2.24) is 34.4 Å². The number of aryl methyl sites for hydroxylation is 3. The van der Waals surface area contributed by atoms with Crippen molar-refractivity contribution >= 4 is 5.78 Å². The fourth-order valence-corrected chi connectivity index (χ4v) is 3.13. The average molecular weight is 327 g/mol. The number of ether oxygens (including phenoxy) is 1. The third-order valence-corrected chi connectivity index (χ3v) is 4.25. The molecule has 0 aromatic carbocycles. The molecular weight excluding hydrogens is 306 g/mol. The highest BCUT2D eigenvalue weighted by Crippen LogP contribution is 2.20. The number of H-pyrrole nitrogens is 1. The minimum absolute atomic E-state index is 0.0946. The molecule has 0 aliphatic carbocycles. The van der Waals surface area contributed by atoms with Crippen LogP contribution < -0.4 is 0 Å². The number of hydrogen-bond donors (Lipinski definition) is 1. The summed E-state index contributed by atoms with van der Waals surface area (Å²) in [6, 6.07) is 2.06. The maximum absolute atomic E-state index is 5.81. The van der Waals surface area contributed by atoms with Gasteiger partial charge in [0.2, 0.25) is 5.78 Å². The van der Waals surface area contributed by atoms with Crippen LogP contribution in [0.5, 0.6) is 0 Å². The van der Waals surface area contributed by atoms with E-state index in [9.17, 15) is 0 Å². The number of nitrogens with one attached hydrogen (secondary N) is 1. The van der Waals surface area contributed by atoms with E-state index in [1.807, 2.05) is 18.2 Å². The number of hydrogen-bond acceptors (Lipinski definition) is 6. The number of imidazole rings is 1. The fraction of sp³-hybridized carbons (Fsp3) is 0.500. The Morgan fingerprint density at radius 1 is 1.25 bits per heavy atom. The summed E-state index contributed by atoms with van der Waals surface area (Å²) in [5.41, 5.74) is 3.15. The molecule has 0 spiro atoms. The Hall–Kier alpha value is -2.32. The number of rotatable bonds is 3. The summed E-state index contributed by atoms with van der Waals surface area (Å²) in [7, 11) is 0. The van der Waals surface area contributed by atoms with Gasteiger partial charge in [0.05, 0.1) is 12.3 Å². The molecule has 1 atom stereocenters. The fourth-order valence-electron chi connectivity index (χ4n) is 3.13. The Kier molecular flexibility index (Phi) is 3.78. The zero-order valence-electron chi connectivity index (χ0n) is 14.2. The first-order valence-corrected chi connectivity index (χ1v) is 8.13. The van der Waals surface area contributed by atoms with Crippen LogP contribution in [0.2, 0.25) is 0 Å². The number of aromatic amines is 1. The molecule has 4 heterocycles. The summed E-state index contributed by atoms with van der Waals surface area (Å²) < 4.78 is 7.85. The third-order valence-electron chi connectivity index (χ3n) is 4.25. The van der Waals surface area contributed by atoms with Gasteiger partial charge in [0.15, 0.2) is 5.82 Å². The van der Waals surface area contributed by atoms with E-state index in [0.29, 0.717) is 6.61 Å². The van der Waals surface area contributed by atoms with Crippen LogP contribution in [0.25, 0.3) is 5.78 Å². The van der Waals surface area contributed by atoms with Gasteiger partial charge >= 0.3 is 0 Å². The normalized spacial score (nSPS) is 19.2. The Morgan fingerprint density at radius 3 is 2.92 bits per heavy atom. The van der Waals surface area contributed by atoms with Gasteiger partial charge in [-0.25, -0.2) is 15.0 Å². The average Bonchev–Trinajstić information content (AvgIpc) is 3.14. The van der Waals surface area contributed by atoms with Gasteiger partial charge in [-0.15, -0.1) is 0 Å². The predicted octanol–water partition coefficient (Wildman–Crippen LogP) is 1.35. The van der Waals surface area contributed by atoms with Gasteiger partial charge in [-0.1, -0.05) is 0 Å². The Labute approximate surface area is 139 Å². The van der Waals surface area contributed by atoms with E-state index in [0.717, 1.165) is 54.1 Å². The monoisotopic (exact) mass is 327 g/mol. The quantitative estimate of drug-likeness (QED) is 0.781. The van der Waals surface area contributed by atoms with Crippen LogP contribution in [0.3, 0.4) is 0 Å². The second-order valence-corrected chi connectivity index (χ2v) is 6.31. The molecule has 3 aromatic rings. The van der Waals surface area contributed by atoms with Crippen molar-refractivity contribution in [3.05, 3.63) is 41.0 Å². The second kappa shape index (κ2) is 5.95. The van der Waals surface area contributed by atoms with Crippen molar-refractivity contribution in [3.8, 4) is 0 Å². The van der Waals surface area contributed by atoms with Crippen LogP contribution in [-0.4, -0.2) is 54.1 Å². The van der Waals surface area contributed by atoms with E-state index in [1.54, 1.807) is 0 Å². The highest BCUT2D eigenvalue weighted by molar-refractivity contribution is 5.34. The first kappa shape index (κ1) is 15.2. The van der Waals surface area contributed by atoms with Gasteiger partial charge in [0, 0.05) is 37.2 Å². The molecule has 24 heavy (non-hydrogen) atoms. The molecule has 8 nitrogen and oxygen atoms in total. The van der Waals surface area contributed by atoms with Crippen molar-refractivity contribution in [1.29, 1.82) is 0 Å². The summed E-state index contributed by atoms with van der Waals surface area (Å²) >= 11 is 0. The Bertz CT molecular complexity index is 869. The molecule has 1 aliphatic rings. The molecule has 3 aromatic heterocycles. The smallest absolute Gasteiger partial charge is 0.234 e. The predicted molar refractivity (Wildman–Crippen MR) is 87.6 cm³/mol. The molecule has 0 bridgehead atoms. The Balaban J connectivity index is 1.51. The van der Waals surface area contributed by atoms with Gasteiger partial charge in [-0.2, -0.15) is 5.10 Å². The van der Waals surface area contributed by atoms with Crippen molar-refractivity contribution in [3.63, 3.8) is 0 Å². The zero-order chi connectivity index (χ0) is 16.7. The lowest BCUT2D eigenvalue weighted by Crippen LogP contribution is -2.38. The molecule has 1 fully saturated rings. The number of aromatic nitrogens is 6. The number of nitrogens with zero attached hydrogens (tertiary/aromatic N) is 6. The van der Waals surface area contributed by atoms with E-state index in [4.69, 9.17) is 4.74 Å². The highest BCUT2D eigenvalue weighted by atomic mass is 16.5. The first-order valence-electron chi connectivity index (χ1n) is 8.13. The molecule has 1 aliphatic heterocycles. The van der Waals surface area contributed by atoms with E-state index in [-0.39, 0.29) is 6.10 Å². The Morgan fingerprint density at radius 2 is 2.12 bits per heavy atom. The molecule has 126 valence electrons. The van der Waals surface area contributed by atoms with Crippen molar-refractivity contribution in [2.45, 2.75) is 33.4 Å². The van der Waals surface area contributed by atoms with Crippen LogP contribution in [0.15, 0.2) is 12.3 Å². The van der Waals surface area contributed by atoms with Gasteiger partial charge < -0.3 is 4.74 Å².